The van der Waals surface area contributed by atoms with Crippen molar-refractivity contribution in [1.82, 2.24) is 24.5 Å². The van der Waals surface area contributed by atoms with Crippen molar-refractivity contribution in [2.24, 2.45) is 11.7 Å². The number of pyridine rings is 1. The molecule has 3 N–H and O–H groups in total. The molecule has 0 aliphatic heterocycles. The van der Waals surface area contributed by atoms with Gasteiger partial charge in [0, 0.05) is 44.4 Å². The van der Waals surface area contributed by atoms with E-state index in [1.165, 1.54) is 4.52 Å². The third-order valence-corrected chi connectivity index (χ3v) is 7.75. The molecule has 1 fully saturated rings. The van der Waals surface area contributed by atoms with Gasteiger partial charge >= 0.3 is 0 Å². The maximum Gasteiger partial charge on any atom is 0.229 e. The third kappa shape index (κ3) is 5.72. The van der Waals surface area contributed by atoms with Crippen molar-refractivity contribution in [2.75, 3.05) is 12.4 Å². The zero-order valence-electron chi connectivity index (χ0n) is 23.8. The molecule has 0 spiro atoms. The lowest BCUT2D eigenvalue weighted by Gasteiger charge is -2.43. The van der Waals surface area contributed by atoms with E-state index >= 15 is 8.78 Å². The molecule has 3 aromatic heterocycles. The molecule has 1 aromatic carbocycles. The Bertz CT molecular complexity index is 1540. The van der Waals surface area contributed by atoms with Crippen LogP contribution in [0.2, 0.25) is 0 Å². The maximum absolute atomic E-state index is 15.0. The van der Waals surface area contributed by atoms with Crippen molar-refractivity contribution in [1.29, 1.82) is 0 Å². The SMILES string of the molecule is CC(=O)N(C)[C@@H]1[C@H](N)C[C@H](c2ccncc2Nc2ncc3ccc(-c4c(F)cc(OC(C)C)cc4F)nn23)C[C@@H]1C. The predicted molar refractivity (Wildman–Crippen MR) is 153 cm³/mol. The first-order chi connectivity index (χ1) is 19.5. The Kier molecular flexibility index (Phi) is 7.90. The highest BCUT2D eigenvalue weighted by atomic mass is 19.1. The monoisotopic (exact) mass is 563 g/mol. The van der Waals surface area contributed by atoms with E-state index in [0.29, 0.717) is 17.9 Å². The number of ether oxygens (including phenoxy) is 1. The van der Waals surface area contributed by atoms with Crippen LogP contribution in [-0.2, 0) is 4.79 Å². The van der Waals surface area contributed by atoms with Gasteiger partial charge in [0.15, 0.2) is 0 Å². The zero-order valence-corrected chi connectivity index (χ0v) is 23.8. The molecule has 0 unspecified atom stereocenters. The molecule has 41 heavy (non-hydrogen) atoms. The fraction of sp³-hybridized carbons (Fsp3) is 0.400. The van der Waals surface area contributed by atoms with Crippen LogP contribution in [0.15, 0.2) is 48.9 Å². The summed E-state index contributed by atoms with van der Waals surface area (Å²) < 4.78 is 37.0. The summed E-state index contributed by atoms with van der Waals surface area (Å²) in [6, 6.07) is 7.32. The fourth-order valence-corrected chi connectivity index (χ4v) is 5.93. The molecule has 11 heteroatoms. The molecule has 1 saturated carbocycles. The lowest BCUT2D eigenvalue weighted by molar-refractivity contribution is -0.131. The molecule has 216 valence electrons. The number of imidazole rings is 1. The highest BCUT2D eigenvalue weighted by molar-refractivity contribution is 5.73. The first kappa shape index (κ1) is 28.4. The van der Waals surface area contributed by atoms with Crippen LogP contribution in [0.4, 0.5) is 20.4 Å². The molecule has 1 amide bonds. The van der Waals surface area contributed by atoms with Crippen LogP contribution in [0.5, 0.6) is 5.75 Å². The summed E-state index contributed by atoms with van der Waals surface area (Å²) in [7, 11) is 1.80. The number of halogens is 2. The van der Waals surface area contributed by atoms with Gasteiger partial charge in [0.25, 0.3) is 0 Å². The maximum atomic E-state index is 15.0. The molecule has 1 aliphatic carbocycles. The number of rotatable bonds is 7. The van der Waals surface area contributed by atoms with Gasteiger partial charge in [-0.25, -0.2) is 13.8 Å². The van der Waals surface area contributed by atoms with Crippen LogP contribution in [-0.4, -0.2) is 55.6 Å². The second-order valence-corrected chi connectivity index (χ2v) is 11.1. The van der Waals surface area contributed by atoms with Crippen LogP contribution in [0, 0.1) is 17.6 Å². The second kappa shape index (κ2) is 11.4. The van der Waals surface area contributed by atoms with Crippen LogP contribution in [0.1, 0.15) is 52.0 Å². The van der Waals surface area contributed by atoms with Gasteiger partial charge in [0.2, 0.25) is 11.9 Å². The number of nitrogens with zero attached hydrogens (tertiary/aromatic N) is 5. The topological polar surface area (TPSA) is 111 Å². The quantitative estimate of drug-likeness (QED) is 0.314. The van der Waals surface area contributed by atoms with Gasteiger partial charge in [-0.15, -0.1) is 0 Å². The molecular weight excluding hydrogens is 528 g/mol. The summed E-state index contributed by atoms with van der Waals surface area (Å²) in [4.78, 5) is 22.5. The van der Waals surface area contributed by atoms with Gasteiger partial charge in [0.05, 0.1) is 41.0 Å². The van der Waals surface area contributed by atoms with Crippen molar-refractivity contribution >= 4 is 23.1 Å². The Balaban J connectivity index is 1.44. The van der Waals surface area contributed by atoms with Gasteiger partial charge in [-0.2, -0.15) is 9.61 Å². The highest BCUT2D eigenvalue weighted by Crippen LogP contribution is 2.40. The molecular formula is C30H35F2N7O2. The van der Waals surface area contributed by atoms with Crippen LogP contribution >= 0.6 is 0 Å². The van der Waals surface area contributed by atoms with E-state index in [2.05, 4.69) is 27.3 Å². The molecule has 0 radical (unpaired) electrons. The summed E-state index contributed by atoms with van der Waals surface area (Å²) in [6.45, 7) is 7.25. The van der Waals surface area contributed by atoms with Crippen molar-refractivity contribution in [2.45, 2.75) is 64.6 Å². The number of aromatic nitrogens is 4. The van der Waals surface area contributed by atoms with Gasteiger partial charge in [-0.1, -0.05) is 6.92 Å². The van der Waals surface area contributed by atoms with E-state index in [9.17, 15) is 4.79 Å². The Hall–Kier alpha value is -4.12. The minimum absolute atomic E-state index is 0.000307. The number of amides is 1. The van der Waals surface area contributed by atoms with Gasteiger partial charge in [-0.05, 0) is 62.3 Å². The summed E-state index contributed by atoms with van der Waals surface area (Å²) >= 11 is 0. The molecule has 0 saturated heterocycles. The number of hydrogen-bond donors (Lipinski definition) is 2. The van der Waals surface area contributed by atoms with Crippen LogP contribution in [0.25, 0.3) is 16.8 Å². The minimum atomic E-state index is -0.770. The van der Waals surface area contributed by atoms with Gasteiger partial charge in [0.1, 0.15) is 17.4 Å². The Morgan fingerprint density at radius 3 is 2.56 bits per heavy atom. The molecule has 9 nitrogen and oxygen atoms in total. The molecule has 4 aromatic rings. The second-order valence-electron chi connectivity index (χ2n) is 11.1. The van der Waals surface area contributed by atoms with Gasteiger partial charge in [-0.3, -0.25) is 9.78 Å². The van der Waals surface area contributed by atoms with Crippen molar-refractivity contribution in [3.63, 3.8) is 0 Å². The first-order valence-corrected chi connectivity index (χ1v) is 13.7. The standard InChI is InChI=1S/C30H35F2N7O2/c1-16(2)41-21-12-23(31)28(24(32)13-21)26-7-6-20-14-35-30(39(20)37-26)36-27-15-34-9-8-22(27)19-10-17(3)29(25(33)11-19)38(5)18(4)40/h6-9,12-17,19,25,29H,10-11,33H2,1-5H3,(H,35,36)/t17-,19+,25+,29-/m0/s1. The summed E-state index contributed by atoms with van der Waals surface area (Å²) in [5.41, 5.74) is 8.87. The van der Waals surface area contributed by atoms with E-state index in [1.54, 1.807) is 63.4 Å². The Morgan fingerprint density at radius 1 is 1.17 bits per heavy atom. The molecule has 4 atom stereocenters. The average Bonchev–Trinajstić information content (AvgIpc) is 3.29. The lowest BCUT2D eigenvalue weighted by Crippen LogP contribution is -2.54. The third-order valence-electron chi connectivity index (χ3n) is 7.75. The number of carbonyl (C=O) groups is 1. The minimum Gasteiger partial charge on any atom is -0.491 e. The van der Waals surface area contributed by atoms with E-state index in [-0.39, 0.29) is 52.9 Å². The van der Waals surface area contributed by atoms with E-state index in [0.717, 1.165) is 29.8 Å². The molecule has 5 rings (SSSR count). The van der Waals surface area contributed by atoms with E-state index in [1.807, 2.05) is 6.07 Å². The summed E-state index contributed by atoms with van der Waals surface area (Å²) in [5.74, 6) is -0.728. The summed E-state index contributed by atoms with van der Waals surface area (Å²) in [5, 5.41) is 7.85. The number of benzene rings is 1. The van der Waals surface area contributed by atoms with E-state index < -0.39 is 11.6 Å². The molecule has 1 aliphatic rings. The number of fused-ring (bicyclic) bond motifs is 1. The van der Waals surface area contributed by atoms with Crippen molar-refractivity contribution in [3.8, 4) is 17.0 Å². The molecule has 0 bridgehead atoms. The Morgan fingerprint density at radius 2 is 1.90 bits per heavy atom. The number of hydrogen-bond acceptors (Lipinski definition) is 7. The number of anilines is 2. The lowest BCUT2D eigenvalue weighted by atomic mass is 9.73. The van der Waals surface area contributed by atoms with Crippen molar-refractivity contribution < 1.29 is 18.3 Å². The van der Waals surface area contributed by atoms with E-state index in [4.69, 9.17) is 10.5 Å². The number of likely N-dealkylation sites (N-methyl/N-ethyl adjacent to an activating group) is 1. The normalized spacial score (nSPS) is 20.8. The number of nitrogens with two attached hydrogens (primary N) is 1. The fourth-order valence-electron chi connectivity index (χ4n) is 5.93. The smallest absolute Gasteiger partial charge is 0.229 e. The highest BCUT2D eigenvalue weighted by Gasteiger charge is 2.38. The first-order valence-electron chi connectivity index (χ1n) is 13.7. The molecule has 3 heterocycles. The number of nitrogens with one attached hydrogen (secondary N) is 1. The van der Waals surface area contributed by atoms with Crippen LogP contribution in [0.3, 0.4) is 0 Å². The Labute approximate surface area is 237 Å². The summed E-state index contributed by atoms with van der Waals surface area (Å²) in [6.07, 6.45) is 6.41. The zero-order chi connectivity index (χ0) is 29.4. The predicted octanol–water partition coefficient (Wildman–Crippen LogP) is 5.29. The van der Waals surface area contributed by atoms with Crippen molar-refractivity contribution in [3.05, 3.63) is 66.1 Å². The largest absolute Gasteiger partial charge is 0.491 e. The van der Waals surface area contributed by atoms with Crippen LogP contribution < -0.4 is 15.8 Å². The average molecular weight is 564 g/mol. The number of carbonyl (C=O) groups excluding carboxylic acids is 1. The van der Waals surface area contributed by atoms with Gasteiger partial charge < -0.3 is 20.7 Å².